The standard InChI is InChI=1S/C15H17FN2/c16-14-6-4-5-13-12(14)7-8-15(13,11-17)18-9-2-1-3-10-18/h4-6H,1-3,7-10H2. The Morgan fingerprint density at radius 2 is 2.00 bits per heavy atom. The van der Waals surface area contributed by atoms with Crippen molar-refractivity contribution in [3.63, 3.8) is 0 Å². The van der Waals surface area contributed by atoms with E-state index in [1.807, 2.05) is 6.07 Å². The van der Waals surface area contributed by atoms with Crippen molar-refractivity contribution < 1.29 is 4.39 Å². The minimum Gasteiger partial charge on any atom is -0.282 e. The van der Waals surface area contributed by atoms with Crippen LogP contribution in [0.15, 0.2) is 18.2 Å². The third-order valence-electron chi connectivity index (χ3n) is 4.38. The summed E-state index contributed by atoms with van der Waals surface area (Å²) < 4.78 is 13.8. The average Bonchev–Trinajstić information content (AvgIpc) is 2.81. The molecule has 1 saturated heterocycles. The second-order valence-corrected chi connectivity index (χ2v) is 5.29. The van der Waals surface area contributed by atoms with Gasteiger partial charge in [-0.3, -0.25) is 4.90 Å². The number of piperidine rings is 1. The van der Waals surface area contributed by atoms with Gasteiger partial charge < -0.3 is 0 Å². The monoisotopic (exact) mass is 244 g/mol. The molecule has 0 amide bonds. The first-order valence-corrected chi connectivity index (χ1v) is 6.72. The number of nitriles is 1. The summed E-state index contributed by atoms with van der Waals surface area (Å²) in [6, 6.07) is 7.66. The highest BCUT2D eigenvalue weighted by atomic mass is 19.1. The molecule has 1 aliphatic carbocycles. The molecular formula is C15H17FN2. The molecule has 1 atom stereocenters. The van der Waals surface area contributed by atoms with E-state index in [2.05, 4.69) is 11.0 Å². The van der Waals surface area contributed by atoms with Crippen molar-refractivity contribution in [2.75, 3.05) is 13.1 Å². The number of hydrogen-bond donors (Lipinski definition) is 0. The molecule has 0 radical (unpaired) electrons. The molecular weight excluding hydrogens is 227 g/mol. The maximum absolute atomic E-state index is 13.8. The maximum Gasteiger partial charge on any atom is 0.135 e. The normalized spacial score (nSPS) is 27.8. The maximum atomic E-state index is 13.8. The van der Waals surface area contributed by atoms with E-state index >= 15 is 0 Å². The minimum atomic E-state index is -0.572. The van der Waals surface area contributed by atoms with Crippen LogP contribution >= 0.6 is 0 Å². The zero-order valence-electron chi connectivity index (χ0n) is 10.5. The lowest BCUT2D eigenvalue weighted by Gasteiger charge is -2.39. The van der Waals surface area contributed by atoms with Crippen molar-refractivity contribution in [1.29, 1.82) is 5.26 Å². The number of nitrogens with zero attached hydrogens (tertiary/aromatic N) is 2. The van der Waals surface area contributed by atoms with Gasteiger partial charge >= 0.3 is 0 Å². The van der Waals surface area contributed by atoms with Crippen molar-refractivity contribution in [3.05, 3.63) is 35.1 Å². The summed E-state index contributed by atoms with van der Waals surface area (Å²) in [6.45, 7) is 1.92. The Labute approximate surface area is 107 Å². The van der Waals surface area contributed by atoms with Crippen LogP contribution in [-0.2, 0) is 12.0 Å². The number of hydrogen-bond acceptors (Lipinski definition) is 2. The lowest BCUT2D eigenvalue weighted by atomic mass is 9.89. The average molecular weight is 244 g/mol. The first kappa shape index (κ1) is 11.7. The Balaban J connectivity index is 2.05. The fraction of sp³-hybridized carbons (Fsp3) is 0.533. The Morgan fingerprint density at radius 1 is 1.22 bits per heavy atom. The van der Waals surface area contributed by atoms with Gasteiger partial charge in [0.15, 0.2) is 0 Å². The van der Waals surface area contributed by atoms with Crippen LogP contribution in [0.4, 0.5) is 4.39 Å². The summed E-state index contributed by atoms with van der Waals surface area (Å²) in [4.78, 5) is 2.27. The molecule has 0 aromatic heterocycles. The third-order valence-corrected chi connectivity index (χ3v) is 4.38. The molecule has 94 valence electrons. The van der Waals surface area contributed by atoms with E-state index < -0.39 is 5.54 Å². The van der Waals surface area contributed by atoms with Crippen molar-refractivity contribution >= 4 is 0 Å². The van der Waals surface area contributed by atoms with Crippen LogP contribution in [0.1, 0.15) is 36.8 Å². The van der Waals surface area contributed by atoms with Crippen LogP contribution in [0.5, 0.6) is 0 Å². The molecule has 0 N–H and O–H groups in total. The zero-order chi connectivity index (χ0) is 12.6. The van der Waals surface area contributed by atoms with Gasteiger partial charge in [0.05, 0.1) is 6.07 Å². The Morgan fingerprint density at radius 3 is 2.72 bits per heavy atom. The molecule has 1 heterocycles. The highest BCUT2D eigenvalue weighted by molar-refractivity contribution is 5.44. The first-order chi connectivity index (χ1) is 8.78. The van der Waals surface area contributed by atoms with Gasteiger partial charge in [-0.25, -0.2) is 4.39 Å². The first-order valence-electron chi connectivity index (χ1n) is 6.72. The predicted octanol–water partition coefficient (Wildman–Crippen LogP) is 2.98. The van der Waals surface area contributed by atoms with Crippen LogP contribution in [0.3, 0.4) is 0 Å². The molecule has 3 rings (SSSR count). The molecule has 0 bridgehead atoms. The van der Waals surface area contributed by atoms with Crippen LogP contribution in [0, 0.1) is 17.1 Å². The number of likely N-dealkylation sites (tertiary alicyclic amines) is 1. The topological polar surface area (TPSA) is 27.0 Å². The Hall–Kier alpha value is -1.40. The van der Waals surface area contributed by atoms with Gasteiger partial charge in [-0.05, 0) is 56.0 Å². The van der Waals surface area contributed by atoms with Crippen LogP contribution < -0.4 is 0 Å². The second-order valence-electron chi connectivity index (χ2n) is 5.29. The molecule has 0 saturated carbocycles. The van der Waals surface area contributed by atoms with Crippen molar-refractivity contribution in [3.8, 4) is 6.07 Å². The third kappa shape index (κ3) is 1.56. The number of benzene rings is 1. The molecule has 1 unspecified atom stereocenters. The van der Waals surface area contributed by atoms with Gasteiger partial charge in [0.2, 0.25) is 0 Å². The van der Waals surface area contributed by atoms with E-state index in [1.54, 1.807) is 6.07 Å². The zero-order valence-corrected chi connectivity index (χ0v) is 10.5. The number of halogens is 1. The van der Waals surface area contributed by atoms with Crippen molar-refractivity contribution in [2.45, 2.75) is 37.6 Å². The van der Waals surface area contributed by atoms with Gasteiger partial charge in [-0.15, -0.1) is 0 Å². The molecule has 0 spiro atoms. The smallest absolute Gasteiger partial charge is 0.135 e. The summed E-state index contributed by atoms with van der Waals surface area (Å²) in [7, 11) is 0. The predicted molar refractivity (Wildman–Crippen MR) is 67.4 cm³/mol. The second kappa shape index (κ2) is 4.37. The summed E-state index contributed by atoms with van der Waals surface area (Å²) in [5.74, 6) is -0.151. The summed E-state index contributed by atoms with van der Waals surface area (Å²) in [5.41, 5.74) is 1.09. The van der Waals surface area contributed by atoms with Gasteiger partial charge in [-0.2, -0.15) is 5.26 Å². The highest BCUT2D eigenvalue weighted by Gasteiger charge is 2.45. The molecule has 2 aliphatic rings. The highest BCUT2D eigenvalue weighted by Crippen LogP contribution is 2.43. The molecule has 2 nitrogen and oxygen atoms in total. The SMILES string of the molecule is N#CC1(N2CCCCC2)CCc2c(F)cccc21. The van der Waals surface area contributed by atoms with Crippen LogP contribution in [0.25, 0.3) is 0 Å². The number of fused-ring (bicyclic) bond motifs is 1. The largest absolute Gasteiger partial charge is 0.282 e. The van der Waals surface area contributed by atoms with Gasteiger partial charge in [0.25, 0.3) is 0 Å². The fourth-order valence-electron chi connectivity index (χ4n) is 3.43. The van der Waals surface area contributed by atoms with Gasteiger partial charge in [0, 0.05) is 0 Å². The minimum absolute atomic E-state index is 0.151. The summed E-state index contributed by atoms with van der Waals surface area (Å²) in [5, 5.41) is 9.69. The lowest BCUT2D eigenvalue weighted by Crippen LogP contribution is -2.46. The Kier molecular flexibility index (Phi) is 2.83. The Bertz CT molecular complexity index is 500. The van der Waals surface area contributed by atoms with E-state index in [-0.39, 0.29) is 5.82 Å². The van der Waals surface area contributed by atoms with Crippen LogP contribution in [-0.4, -0.2) is 18.0 Å². The molecule has 1 aromatic rings. The molecule has 18 heavy (non-hydrogen) atoms. The lowest BCUT2D eigenvalue weighted by molar-refractivity contribution is 0.110. The van der Waals surface area contributed by atoms with E-state index in [1.165, 1.54) is 12.5 Å². The van der Waals surface area contributed by atoms with E-state index in [4.69, 9.17) is 0 Å². The summed E-state index contributed by atoms with van der Waals surface area (Å²) in [6.07, 6.45) is 4.96. The quantitative estimate of drug-likeness (QED) is 0.759. The fourth-order valence-corrected chi connectivity index (χ4v) is 3.43. The molecule has 1 aliphatic heterocycles. The van der Waals surface area contributed by atoms with Crippen LogP contribution in [0.2, 0.25) is 0 Å². The van der Waals surface area contributed by atoms with Crippen molar-refractivity contribution in [2.24, 2.45) is 0 Å². The van der Waals surface area contributed by atoms with Gasteiger partial charge in [0.1, 0.15) is 11.4 Å². The van der Waals surface area contributed by atoms with E-state index in [9.17, 15) is 9.65 Å². The molecule has 1 aromatic carbocycles. The molecule has 1 fully saturated rings. The molecule has 3 heteroatoms. The number of rotatable bonds is 1. The van der Waals surface area contributed by atoms with Gasteiger partial charge in [-0.1, -0.05) is 18.6 Å². The van der Waals surface area contributed by atoms with E-state index in [0.29, 0.717) is 6.42 Å². The van der Waals surface area contributed by atoms with Crippen molar-refractivity contribution in [1.82, 2.24) is 4.90 Å². The summed E-state index contributed by atoms with van der Waals surface area (Å²) >= 11 is 0. The van der Waals surface area contributed by atoms with E-state index in [0.717, 1.165) is 43.5 Å².